The van der Waals surface area contributed by atoms with Gasteiger partial charge in [-0.2, -0.15) is 5.26 Å². The van der Waals surface area contributed by atoms with Gasteiger partial charge in [0.25, 0.3) is 0 Å². The second kappa shape index (κ2) is 5.14. The topological polar surface area (TPSA) is 23.8 Å². The van der Waals surface area contributed by atoms with Crippen molar-refractivity contribution in [3.63, 3.8) is 0 Å². The van der Waals surface area contributed by atoms with Gasteiger partial charge in [-0.15, -0.1) is 0 Å². The summed E-state index contributed by atoms with van der Waals surface area (Å²) in [6, 6.07) is 18.1. The molecule has 0 unspecified atom stereocenters. The minimum Gasteiger partial charge on any atom is -0.192 e. The highest BCUT2D eigenvalue weighted by Gasteiger charge is 1.95. The van der Waals surface area contributed by atoms with E-state index in [1.807, 2.05) is 36.4 Å². The van der Waals surface area contributed by atoms with Gasteiger partial charge in [-0.05, 0) is 24.1 Å². The van der Waals surface area contributed by atoms with Crippen LogP contribution in [-0.2, 0) is 0 Å². The average Bonchev–Trinajstić information content (AvgIpc) is 2.38. The molecule has 0 fully saturated rings. The number of nitrogens with zero attached hydrogens (tertiary/aromatic N) is 1. The van der Waals surface area contributed by atoms with Crippen LogP contribution in [0.4, 0.5) is 0 Å². The van der Waals surface area contributed by atoms with Crippen molar-refractivity contribution in [3.05, 3.63) is 70.8 Å². The number of hydrogen-bond acceptors (Lipinski definition) is 1. The molecule has 0 atom stereocenters. The lowest BCUT2D eigenvalue weighted by atomic mass is 10.1. The Morgan fingerprint density at radius 3 is 2.35 bits per heavy atom. The molecular formula is C16H13N. The van der Waals surface area contributed by atoms with Crippen LogP contribution in [0, 0.1) is 18.3 Å². The molecule has 0 radical (unpaired) electrons. The third-order valence-corrected chi connectivity index (χ3v) is 2.61. The van der Waals surface area contributed by atoms with Gasteiger partial charge in [0.15, 0.2) is 0 Å². The van der Waals surface area contributed by atoms with Gasteiger partial charge in [0.2, 0.25) is 0 Å². The van der Waals surface area contributed by atoms with E-state index in [2.05, 4.69) is 37.3 Å². The van der Waals surface area contributed by atoms with Crippen LogP contribution < -0.4 is 0 Å². The van der Waals surface area contributed by atoms with E-state index in [-0.39, 0.29) is 0 Å². The van der Waals surface area contributed by atoms with Gasteiger partial charge in [-0.3, -0.25) is 0 Å². The molecular weight excluding hydrogens is 206 g/mol. The van der Waals surface area contributed by atoms with Gasteiger partial charge in [0, 0.05) is 0 Å². The van der Waals surface area contributed by atoms with E-state index in [0.717, 1.165) is 11.1 Å². The maximum Gasteiger partial charge on any atom is 0.0997 e. The number of nitriles is 1. The van der Waals surface area contributed by atoms with Crippen molar-refractivity contribution in [2.45, 2.75) is 6.92 Å². The largest absolute Gasteiger partial charge is 0.192 e. The second-order valence-electron chi connectivity index (χ2n) is 3.94. The van der Waals surface area contributed by atoms with Gasteiger partial charge in [-0.25, -0.2) is 0 Å². The molecule has 0 saturated carbocycles. The average molecular weight is 219 g/mol. The Hall–Kier alpha value is -2.33. The van der Waals surface area contributed by atoms with Crippen LogP contribution in [0.15, 0.2) is 48.5 Å². The Bertz CT molecular complexity index is 571. The van der Waals surface area contributed by atoms with Crippen LogP contribution >= 0.6 is 0 Å². The predicted molar refractivity (Wildman–Crippen MR) is 71.3 cm³/mol. The fraction of sp³-hybridized carbons (Fsp3) is 0.0625. The predicted octanol–water partition coefficient (Wildman–Crippen LogP) is 4.04. The number of rotatable bonds is 2. The molecule has 0 bridgehead atoms. The van der Waals surface area contributed by atoms with E-state index < -0.39 is 0 Å². The zero-order valence-electron chi connectivity index (χ0n) is 9.72. The lowest BCUT2D eigenvalue weighted by molar-refractivity contribution is 1.46. The van der Waals surface area contributed by atoms with Gasteiger partial charge >= 0.3 is 0 Å². The molecule has 1 nitrogen and oxygen atoms in total. The maximum atomic E-state index is 8.97. The summed E-state index contributed by atoms with van der Waals surface area (Å²) in [7, 11) is 0. The second-order valence-corrected chi connectivity index (χ2v) is 3.94. The first-order chi connectivity index (χ1) is 8.29. The lowest BCUT2D eigenvalue weighted by Crippen LogP contribution is -1.80. The Labute approximate surface area is 102 Å². The molecule has 0 aliphatic carbocycles. The molecule has 0 aliphatic heterocycles. The summed E-state index contributed by atoms with van der Waals surface area (Å²) in [5.41, 5.74) is 4.05. The quantitative estimate of drug-likeness (QED) is 0.699. The molecule has 0 N–H and O–H groups in total. The summed E-state index contributed by atoms with van der Waals surface area (Å²) in [5, 5.41) is 8.97. The van der Waals surface area contributed by atoms with Crippen LogP contribution in [0.1, 0.15) is 22.3 Å². The normalized spacial score (nSPS) is 10.4. The smallest absolute Gasteiger partial charge is 0.0997 e. The molecule has 17 heavy (non-hydrogen) atoms. The summed E-state index contributed by atoms with van der Waals surface area (Å²) in [6.07, 6.45) is 4.00. The van der Waals surface area contributed by atoms with Crippen molar-refractivity contribution in [1.29, 1.82) is 5.26 Å². The van der Waals surface area contributed by atoms with Crippen molar-refractivity contribution in [1.82, 2.24) is 0 Å². The van der Waals surface area contributed by atoms with Crippen molar-refractivity contribution in [3.8, 4) is 6.07 Å². The van der Waals surface area contributed by atoms with Crippen molar-refractivity contribution >= 4 is 12.2 Å². The third kappa shape index (κ3) is 2.83. The molecule has 0 heterocycles. The van der Waals surface area contributed by atoms with Crippen LogP contribution in [0.25, 0.3) is 12.2 Å². The molecule has 0 aromatic heterocycles. The monoisotopic (exact) mass is 219 g/mol. The third-order valence-electron chi connectivity index (χ3n) is 2.61. The molecule has 82 valence electrons. The van der Waals surface area contributed by atoms with E-state index in [0.29, 0.717) is 5.56 Å². The Morgan fingerprint density at radius 2 is 1.65 bits per heavy atom. The SMILES string of the molecule is Cc1ccc(/C=C/c2ccccc2C#N)cc1. The molecule has 0 spiro atoms. The highest BCUT2D eigenvalue weighted by atomic mass is 14.2. The fourth-order valence-corrected chi connectivity index (χ4v) is 1.61. The zero-order valence-corrected chi connectivity index (χ0v) is 9.72. The zero-order chi connectivity index (χ0) is 12.1. The van der Waals surface area contributed by atoms with E-state index >= 15 is 0 Å². The minimum atomic E-state index is 0.705. The van der Waals surface area contributed by atoms with E-state index in [4.69, 9.17) is 5.26 Å². The Morgan fingerprint density at radius 1 is 0.941 bits per heavy atom. The minimum absolute atomic E-state index is 0.705. The summed E-state index contributed by atoms with van der Waals surface area (Å²) >= 11 is 0. The maximum absolute atomic E-state index is 8.97. The first-order valence-corrected chi connectivity index (χ1v) is 5.53. The van der Waals surface area contributed by atoms with E-state index in [1.54, 1.807) is 0 Å². The highest BCUT2D eigenvalue weighted by molar-refractivity contribution is 5.72. The van der Waals surface area contributed by atoms with Gasteiger partial charge < -0.3 is 0 Å². The van der Waals surface area contributed by atoms with Gasteiger partial charge in [-0.1, -0.05) is 60.2 Å². The Balaban J connectivity index is 2.26. The molecule has 0 saturated heterocycles. The standard InChI is InChI=1S/C16H13N/c1-13-6-8-14(9-7-13)10-11-15-4-2-3-5-16(15)12-17/h2-11H,1H3/b11-10+. The van der Waals surface area contributed by atoms with Crippen LogP contribution in [0.5, 0.6) is 0 Å². The van der Waals surface area contributed by atoms with Crippen molar-refractivity contribution in [2.24, 2.45) is 0 Å². The molecule has 1 heteroatoms. The van der Waals surface area contributed by atoms with Gasteiger partial charge in [0.1, 0.15) is 0 Å². The summed E-state index contributed by atoms with van der Waals surface area (Å²) < 4.78 is 0. The number of benzene rings is 2. The first-order valence-electron chi connectivity index (χ1n) is 5.53. The van der Waals surface area contributed by atoms with Crippen LogP contribution in [0.3, 0.4) is 0 Å². The number of hydrogen-bond donors (Lipinski definition) is 0. The van der Waals surface area contributed by atoms with Crippen molar-refractivity contribution in [2.75, 3.05) is 0 Å². The van der Waals surface area contributed by atoms with E-state index in [9.17, 15) is 0 Å². The summed E-state index contributed by atoms with van der Waals surface area (Å²) in [4.78, 5) is 0. The van der Waals surface area contributed by atoms with E-state index in [1.165, 1.54) is 5.56 Å². The molecule has 2 aromatic carbocycles. The summed E-state index contributed by atoms with van der Waals surface area (Å²) in [6.45, 7) is 2.07. The fourth-order valence-electron chi connectivity index (χ4n) is 1.61. The van der Waals surface area contributed by atoms with Gasteiger partial charge in [0.05, 0.1) is 11.6 Å². The van der Waals surface area contributed by atoms with Crippen LogP contribution in [-0.4, -0.2) is 0 Å². The number of aryl methyl sites for hydroxylation is 1. The first kappa shape index (κ1) is 11.2. The van der Waals surface area contributed by atoms with Crippen LogP contribution in [0.2, 0.25) is 0 Å². The Kier molecular flexibility index (Phi) is 3.37. The molecule has 2 aromatic rings. The van der Waals surface area contributed by atoms with Crippen molar-refractivity contribution < 1.29 is 0 Å². The molecule has 0 amide bonds. The molecule has 2 rings (SSSR count). The highest BCUT2D eigenvalue weighted by Crippen LogP contribution is 2.12. The molecule has 0 aliphatic rings. The summed E-state index contributed by atoms with van der Waals surface area (Å²) in [5.74, 6) is 0. The lowest BCUT2D eigenvalue weighted by Gasteiger charge is -1.97.